The molecule has 8 nitrogen and oxygen atoms in total. The quantitative estimate of drug-likeness (QED) is 0.215. The number of hydrogen-bond acceptors (Lipinski definition) is 6. The molecule has 0 bridgehead atoms. The Morgan fingerprint density at radius 1 is 1.00 bits per heavy atom. The molecule has 0 aliphatic carbocycles. The smallest absolute Gasteiger partial charge is 0.338 e. The van der Waals surface area contributed by atoms with Gasteiger partial charge in [-0.25, -0.2) is 4.79 Å². The van der Waals surface area contributed by atoms with Gasteiger partial charge in [-0.05, 0) is 100 Å². The van der Waals surface area contributed by atoms with E-state index < -0.39 is 17.8 Å². The van der Waals surface area contributed by atoms with Crippen LogP contribution in [0, 0.1) is 13.8 Å². The van der Waals surface area contributed by atoms with Crippen LogP contribution in [0.25, 0.3) is 11.8 Å². The van der Waals surface area contributed by atoms with Crippen molar-refractivity contribution in [2.75, 3.05) is 18.1 Å². The second kappa shape index (κ2) is 10.8. The van der Waals surface area contributed by atoms with Gasteiger partial charge in [-0.3, -0.25) is 19.8 Å². The number of esters is 1. The highest BCUT2D eigenvalue weighted by atomic mass is 32.1. The largest absolute Gasteiger partial charge is 0.494 e. The van der Waals surface area contributed by atoms with Crippen molar-refractivity contribution in [2.45, 2.75) is 27.7 Å². The van der Waals surface area contributed by atoms with Gasteiger partial charge in [0.05, 0.1) is 24.5 Å². The molecular formula is C28H27N3O5S. The number of ether oxygens (including phenoxy) is 2. The van der Waals surface area contributed by atoms with Crippen LogP contribution in [0.15, 0.2) is 60.2 Å². The molecule has 4 rings (SSSR count). The molecule has 0 radical (unpaired) electrons. The predicted octanol–water partition coefficient (Wildman–Crippen LogP) is 4.50. The van der Waals surface area contributed by atoms with Crippen LogP contribution in [0.1, 0.15) is 41.2 Å². The van der Waals surface area contributed by atoms with Crippen LogP contribution in [0.4, 0.5) is 5.69 Å². The lowest BCUT2D eigenvalue weighted by atomic mass is 10.1. The standard InChI is InChI=1S/C28H27N3O5S/c1-5-35-23-12-10-21(11-13-23)31-26(33)24(25(32)29-28(31)37)16-20-14-17(3)30(18(20)4)22-9-7-8-19(15-22)27(34)36-6-2/h7-16H,5-6H2,1-4H3,(H,29,32,37)/b24-16+. The highest BCUT2D eigenvalue weighted by molar-refractivity contribution is 7.80. The molecule has 2 aromatic carbocycles. The number of aromatic nitrogens is 1. The molecule has 1 aliphatic heterocycles. The Labute approximate surface area is 220 Å². The summed E-state index contributed by atoms with van der Waals surface area (Å²) in [4.78, 5) is 39.7. The number of carbonyl (C=O) groups is 3. The number of carbonyl (C=O) groups excluding carboxylic acids is 3. The molecule has 3 aromatic rings. The minimum absolute atomic E-state index is 0.0116. The fraction of sp³-hybridized carbons (Fsp3) is 0.214. The summed E-state index contributed by atoms with van der Waals surface area (Å²) in [5.41, 5.74) is 4.04. The van der Waals surface area contributed by atoms with E-state index >= 15 is 0 Å². The lowest BCUT2D eigenvalue weighted by molar-refractivity contribution is -0.122. The summed E-state index contributed by atoms with van der Waals surface area (Å²) in [6.45, 7) is 8.25. The molecule has 0 atom stereocenters. The van der Waals surface area contributed by atoms with Gasteiger partial charge in [0.2, 0.25) is 0 Å². The molecule has 1 fully saturated rings. The summed E-state index contributed by atoms with van der Waals surface area (Å²) < 4.78 is 12.5. The fourth-order valence-electron chi connectivity index (χ4n) is 4.22. The van der Waals surface area contributed by atoms with E-state index in [0.717, 1.165) is 17.1 Å². The number of anilines is 1. The lowest BCUT2D eigenvalue weighted by Gasteiger charge is -2.29. The number of nitrogens with zero attached hydrogens (tertiary/aromatic N) is 2. The van der Waals surface area contributed by atoms with Gasteiger partial charge in [0.15, 0.2) is 5.11 Å². The highest BCUT2D eigenvalue weighted by Gasteiger charge is 2.34. The zero-order valence-corrected chi connectivity index (χ0v) is 21.8. The van der Waals surface area contributed by atoms with E-state index in [0.29, 0.717) is 29.2 Å². The maximum absolute atomic E-state index is 13.4. The molecule has 2 amide bonds. The Balaban J connectivity index is 1.70. The Morgan fingerprint density at radius 3 is 2.41 bits per heavy atom. The molecular weight excluding hydrogens is 490 g/mol. The number of amides is 2. The van der Waals surface area contributed by atoms with Crippen molar-refractivity contribution in [3.63, 3.8) is 0 Å². The van der Waals surface area contributed by atoms with Crippen molar-refractivity contribution in [3.8, 4) is 11.4 Å². The van der Waals surface area contributed by atoms with E-state index in [-0.39, 0.29) is 17.3 Å². The third-order valence-corrected chi connectivity index (χ3v) is 6.18. The molecule has 0 saturated carbocycles. The first-order valence-corrected chi connectivity index (χ1v) is 12.3. The number of aryl methyl sites for hydroxylation is 1. The average molecular weight is 518 g/mol. The lowest BCUT2D eigenvalue weighted by Crippen LogP contribution is -2.54. The normalized spacial score (nSPS) is 14.6. The fourth-order valence-corrected chi connectivity index (χ4v) is 4.50. The monoisotopic (exact) mass is 517 g/mol. The Morgan fingerprint density at radius 2 is 1.73 bits per heavy atom. The van der Waals surface area contributed by atoms with Crippen molar-refractivity contribution in [1.82, 2.24) is 9.88 Å². The van der Waals surface area contributed by atoms with Crippen LogP contribution in [0.3, 0.4) is 0 Å². The third kappa shape index (κ3) is 5.17. The first-order valence-electron chi connectivity index (χ1n) is 11.9. The maximum atomic E-state index is 13.4. The molecule has 37 heavy (non-hydrogen) atoms. The Kier molecular flexibility index (Phi) is 7.54. The summed E-state index contributed by atoms with van der Waals surface area (Å²) >= 11 is 5.30. The van der Waals surface area contributed by atoms with Crippen LogP contribution < -0.4 is 15.0 Å². The SMILES string of the molecule is CCOC(=O)c1cccc(-n2c(C)cc(/C=C3\C(=O)NC(=S)N(c4ccc(OCC)cc4)C3=O)c2C)c1. The zero-order chi connectivity index (χ0) is 26.7. The van der Waals surface area contributed by atoms with Gasteiger partial charge >= 0.3 is 5.97 Å². The van der Waals surface area contributed by atoms with Gasteiger partial charge in [0, 0.05) is 17.1 Å². The molecule has 1 N–H and O–H groups in total. The first-order chi connectivity index (χ1) is 17.7. The van der Waals surface area contributed by atoms with Crippen molar-refractivity contribution in [2.24, 2.45) is 0 Å². The highest BCUT2D eigenvalue weighted by Crippen LogP contribution is 2.27. The van der Waals surface area contributed by atoms with E-state index in [1.807, 2.05) is 37.5 Å². The number of thiocarbonyl (C=S) groups is 1. The van der Waals surface area contributed by atoms with Gasteiger partial charge in [-0.1, -0.05) is 6.07 Å². The second-order valence-electron chi connectivity index (χ2n) is 8.32. The molecule has 2 heterocycles. The molecule has 1 aromatic heterocycles. The van der Waals surface area contributed by atoms with Crippen molar-refractivity contribution in [3.05, 3.63) is 82.7 Å². The van der Waals surface area contributed by atoms with E-state index in [4.69, 9.17) is 21.7 Å². The minimum atomic E-state index is -0.564. The van der Waals surface area contributed by atoms with Crippen molar-refractivity contribution < 1.29 is 23.9 Å². The topological polar surface area (TPSA) is 89.9 Å². The van der Waals surface area contributed by atoms with E-state index in [1.165, 1.54) is 4.90 Å². The van der Waals surface area contributed by atoms with Gasteiger partial charge in [0.25, 0.3) is 11.8 Å². The zero-order valence-electron chi connectivity index (χ0n) is 21.0. The third-order valence-electron chi connectivity index (χ3n) is 5.89. The Hall–Kier alpha value is -4.24. The van der Waals surface area contributed by atoms with E-state index in [1.54, 1.807) is 55.5 Å². The number of hydrogen-bond donors (Lipinski definition) is 1. The molecule has 9 heteroatoms. The molecule has 1 aliphatic rings. The van der Waals surface area contributed by atoms with Crippen LogP contribution in [0.5, 0.6) is 5.75 Å². The molecule has 1 saturated heterocycles. The average Bonchev–Trinajstić information content (AvgIpc) is 3.15. The number of nitrogens with one attached hydrogen (secondary N) is 1. The summed E-state index contributed by atoms with van der Waals surface area (Å²) in [5, 5.41) is 2.62. The van der Waals surface area contributed by atoms with Crippen LogP contribution >= 0.6 is 12.2 Å². The summed E-state index contributed by atoms with van der Waals surface area (Å²) in [5.74, 6) is -0.816. The van der Waals surface area contributed by atoms with E-state index in [9.17, 15) is 14.4 Å². The van der Waals surface area contributed by atoms with Crippen LogP contribution in [-0.4, -0.2) is 40.7 Å². The predicted molar refractivity (Wildman–Crippen MR) is 145 cm³/mol. The number of benzene rings is 2. The molecule has 190 valence electrons. The minimum Gasteiger partial charge on any atom is -0.494 e. The van der Waals surface area contributed by atoms with Crippen molar-refractivity contribution >= 4 is 46.9 Å². The Bertz CT molecular complexity index is 1420. The van der Waals surface area contributed by atoms with Gasteiger partial charge in [-0.15, -0.1) is 0 Å². The summed E-state index contributed by atoms with van der Waals surface area (Å²) in [6.07, 6.45) is 1.56. The van der Waals surface area contributed by atoms with Gasteiger partial charge in [0.1, 0.15) is 11.3 Å². The van der Waals surface area contributed by atoms with Crippen LogP contribution in [-0.2, 0) is 14.3 Å². The van der Waals surface area contributed by atoms with Crippen LogP contribution in [0.2, 0.25) is 0 Å². The van der Waals surface area contributed by atoms with Gasteiger partial charge in [-0.2, -0.15) is 0 Å². The van der Waals surface area contributed by atoms with Gasteiger partial charge < -0.3 is 14.0 Å². The van der Waals surface area contributed by atoms with E-state index in [2.05, 4.69) is 5.32 Å². The molecule has 0 spiro atoms. The molecule has 0 unspecified atom stereocenters. The number of rotatable bonds is 7. The van der Waals surface area contributed by atoms with Crippen molar-refractivity contribution in [1.29, 1.82) is 0 Å². The summed E-state index contributed by atoms with van der Waals surface area (Å²) in [6, 6.07) is 15.9. The first kappa shape index (κ1) is 25.8. The summed E-state index contributed by atoms with van der Waals surface area (Å²) in [7, 11) is 0. The second-order valence-corrected chi connectivity index (χ2v) is 8.70. The maximum Gasteiger partial charge on any atom is 0.338 e.